The van der Waals surface area contributed by atoms with Crippen LogP contribution in [-0.4, -0.2) is 0 Å². The second-order valence-corrected chi connectivity index (χ2v) is 8.02. The molecule has 150 valence electrons. The summed E-state index contributed by atoms with van der Waals surface area (Å²) in [5.41, 5.74) is 2.59. The molecule has 0 radical (unpaired) electrons. The van der Waals surface area contributed by atoms with E-state index in [0.717, 1.165) is 12.1 Å². The highest BCUT2D eigenvalue weighted by atomic mass is 35.5. The lowest BCUT2D eigenvalue weighted by atomic mass is 10.0. The summed E-state index contributed by atoms with van der Waals surface area (Å²) in [7, 11) is 0. The molecule has 0 atom stereocenters. The summed E-state index contributed by atoms with van der Waals surface area (Å²) in [6.07, 6.45) is 17.9. The Bertz CT molecular complexity index is 641. The van der Waals surface area contributed by atoms with Crippen LogP contribution in [0.15, 0.2) is 42.7 Å². The van der Waals surface area contributed by atoms with Gasteiger partial charge in [-0.3, -0.25) is 0 Å². The molecule has 2 rings (SSSR count). The maximum absolute atomic E-state index is 6.09. The quantitative estimate of drug-likeness (QED) is 0.348. The van der Waals surface area contributed by atoms with Gasteiger partial charge in [0.15, 0.2) is 18.9 Å². The second kappa shape index (κ2) is 14.3. The van der Waals surface area contributed by atoms with E-state index in [9.17, 15) is 0 Å². The van der Waals surface area contributed by atoms with Gasteiger partial charge in [-0.15, -0.1) is 0 Å². The van der Waals surface area contributed by atoms with Gasteiger partial charge in [-0.05, 0) is 30.5 Å². The Hall–Kier alpha value is -0.760. The van der Waals surface area contributed by atoms with Crippen LogP contribution in [0.4, 0.5) is 0 Å². The Balaban J connectivity index is 0.00000364. The standard InChI is InChI=1S/C23H32Cl2N.ClH/c1-2-3-4-5-6-7-8-9-10-11-20-14-16-26(17-15-20)19-21-12-13-22(24)23(25)18-21;/h12-18H,2-11,19H2,1H3;1H/q+1;/p-1. The summed E-state index contributed by atoms with van der Waals surface area (Å²) in [5.74, 6) is 0. The van der Waals surface area contributed by atoms with E-state index < -0.39 is 0 Å². The van der Waals surface area contributed by atoms with Crippen molar-refractivity contribution in [1.29, 1.82) is 0 Å². The summed E-state index contributed by atoms with van der Waals surface area (Å²) in [5, 5.41) is 1.23. The third-order valence-corrected chi connectivity index (χ3v) is 5.62. The average Bonchev–Trinajstić information content (AvgIpc) is 2.65. The minimum atomic E-state index is 0. The van der Waals surface area contributed by atoms with Crippen molar-refractivity contribution >= 4 is 23.2 Å². The molecular formula is C23H32Cl3N. The topological polar surface area (TPSA) is 3.88 Å². The van der Waals surface area contributed by atoms with Crippen LogP contribution in [0.3, 0.4) is 0 Å². The van der Waals surface area contributed by atoms with Crippen LogP contribution in [-0.2, 0) is 13.0 Å². The van der Waals surface area contributed by atoms with Crippen LogP contribution >= 0.6 is 23.2 Å². The highest BCUT2D eigenvalue weighted by Crippen LogP contribution is 2.22. The normalized spacial score (nSPS) is 10.6. The van der Waals surface area contributed by atoms with Gasteiger partial charge in [0.25, 0.3) is 0 Å². The van der Waals surface area contributed by atoms with E-state index in [4.69, 9.17) is 23.2 Å². The first-order valence-corrected chi connectivity index (χ1v) is 10.9. The van der Waals surface area contributed by atoms with Crippen molar-refractivity contribution in [2.75, 3.05) is 0 Å². The SMILES string of the molecule is CCCCCCCCCCCc1cc[n+](Cc2ccc(Cl)c(Cl)c2)cc1.[Cl-]. The van der Waals surface area contributed by atoms with Crippen LogP contribution in [0.25, 0.3) is 0 Å². The van der Waals surface area contributed by atoms with Crippen molar-refractivity contribution < 1.29 is 17.0 Å². The van der Waals surface area contributed by atoms with Crippen molar-refractivity contribution in [2.24, 2.45) is 0 Å². The lowest BCUT2D eigenvalue weighted by Crippen LogP contribution is -3.00. The fourth-order valence-corrected chi connectivity index (χ4v) is 3.57. The molecule has 0 amide bonds. The minimum absolute atomic E-state index is 0. The predicted octanol–water partition coefficient (Wildman–Crippen LogP) is 4.41. The van der Waals surface area contributed by atoms with E-state index >= 15 is 0 Å². The zero-order chi connectivity index (χ0) is 18.6. The van der Waals surface area contributed by atoms with Crippen LogP contribution in [0.1, 0.15) is 75.8 Å². The molecule has 0 aliphatic heterocycles. The Kier molecular flexibility index (Phi) is 12.8. The molecule has 4 heteroatoms. The average molecular weight is 429 g/mol. The second-order valence-electron chi connectivity index (χ2n) is 7.21. The van der Waals surface area contributed by atoms with Gasteiger partial charge in [-0.1, -0.05) is 87.6 Å². The van der Waals surface area contributed by atoms with E-state index in [1.807, 2.05) is 18.2 Å². The number of nitrogens with zero attached hydrogens (tertiary/aromatic N) is 1. The van der Waals surface area contributed by atoms with Gasteiger partial charge in [-0.2, -0.15) is 0 Å². The van der Waals surface area contributed by atoms with E-state index in [1.54, 1.807) is 0 Å². The number of aryl methyl sites for hydroxylation is 1. The lowest BCUT2D eigenvalue weighted by molar-refractivity contribution is -0.688. The highest BCUT2D eigenvalue weighted by molar-refractivity contribution is 6.42. The fraction of sp³-hybridized carbons (Fsp3) is 0.522. The first kappa shape index (κ1) is 24.3. The van der Waals surface area contributed by atoms with Gasteiger partial charge in [0, 0.05) is 17.7 Å². The third kappa shape index (κ3) is 9.83. The van der Waals surface area contributed by atoms with E-state index in [-0.39, 0.29) is 12.4 Å². The predicted molar refractivity (Wildman–Crippen MR) is 113 cm³/mol. The molecular weight excluding hydrogens is 397 g/mol. The van der Waals surface area contributed by atoms with E-state index in [2.05, 4.69) is 36.0 Å². The molecule has 0 N–H and O–H groups in total. The molecule has 1 nitrogen and oxygen atoms in total. The fourth-order valence-electron chi connectivity index (χ4n) is 3.25. The van der Waals surface area contributed by atoms with Gasteiger partial charge in [0.1, 0.15) is 0 Å². The van der Waals surface area contributed by atoms with Crippen molar-refractivity contribution in [1.82, 2.24) is 0 Å². The first-order valence-electron chi connectivity index (χ1n) is 10.1. The number of unbranched alkanes of at least 4 members (excludes halogenated alkanes) is 8. The minimum Gasteiger partial charge on any atom is -1.00 e. The van der Waals surface area contributed by atoms with Gasteiger partial charge >= 0.3 is 0 Å². The Morgan fingerprint density at radius 3 is 1.89 bits per heavy atom. The highest BCUT2D eigenvalue weighted by Gasteiger charge is 2.06. The molecule has 0 saturated carbocycles. The van der Waals surface area contributed by atoms with Crippen molar-refractivity contribution in [3.05, 3.63) is 63.9 Å². The monoisotopic (exact) mass is 427 g/mol. The van der Waals surface area contributed by atoms with Gasteiger partial charge in [0.2, 0.25) is 0 Å². The van der Waals surface area contributed by atoms with Gasteiger partial charge in [0.05, 0.1) is 10.0 Å². The zero-order valence-corrected chi connectivity index (χ0v) is 18.7. The summed E-state index contributed by atoms with van der Waals surface area (Å²) in [6.45, 7) is 3.09. The summed E-state index contributed by atoms with van der Waals surface area (Å²) in [4.78, 5) is 0. The van der Waals surface area contributed by atoms with Gasteiger partial charge < -0.3 is 12.4 Å². The van der Waals surface area contributed by atoms with Crippen molar-refractivity contribution in [3.63, 3.8) is 0 Å². The molecule has 1 heterocycles. The van der Waals surface area contributed by atoms with E-state index in [1.165, 1.54) is 69.8 Å². The van der Waals surface area contributed by atoms with Gasteiger partial charge in [-0.25, -0.2) is 4.57 Å². The maximum atomic E-state index is 6.09. The molecule has 0 aliphatic carbocycles. The molecule has 1 aromatic heterocycles. The summed E-state index contributed by atoms with van der Waals surface area (Å²) < 4.78 is 2.18. The third-order valence-electron chi connectivity index (χ3n) is 4.88. The van der Waals surface area contributed by atoms with Crippen LogP contribution in [0.5, 0.6) is 0 Å². The molecule has 1 aromatic carbocycles. The van der Waals surface area contributed by atoms with Crippen molar-refractivity contribution in [2.45, 2.75) is 77.7 Å². The van der Waals surface area contributed by atoms with Crippen LogP contribution < -0.4 is 17.0 Å². The number of benzene rings is 1. The Morgan fingerprint density at radius 1 is 0.704 bits per heavy atom. The number of rotatable bonds is 12. The molecule has 0 saturated heterocycles. The number of hydrogen-bond acceptors (Lipinski definition) is 0. The maximum Gasteiger partial charge on any atom is 0.173 e. The molecule has 0 aliphatic rings. The lowest BCUT2D eigenvalue weighted by Gasteiger charge is -2.03. The van der Waals surface area contributed by atoms with Crippen molar-refractivity contribution in [3.8, 4) is 0 Å². The zero-order valence-electron chi connectivity index (χ0n) is 16.4. The number of halogens is 3. The summed E-state index contributed by atoms with van der Waals surface area (Å²) in [6, 6.07) is 10.3. The largest absolute Gasteiger partial charge is 1.00 e. The molecule has 0 spiro atoms. The van der Waals surface area contributed by atoms with E-state index in [0.29, 0.717) is 10.0 Å². The number of hydrogen-bond donors (Lipinski definition) is 0. The molecule has 0 unspecified atom stereocenters. The first-order chi connectivity index (χ1) is 12.7. The molecule has 27 heavy (non-hydrogen) atoms. The number of pyridine rings is 1. The molecule has 2 aromatic rings. The summed E-state index contributed by atoms with van der Waals surface area (Å²) >= 11 is 12.1. The molecule has 0 fully saturated rings. The Labute approximate surface area is 181 Å². The Morgan fingerprint density at radius 2 is 1.30 bits per heavy atom. The van der Waals surface area contributed by atoms with Crippen LogP contribution in [0, 0.1) is 0 Å². The molecule has 0 bridgehead atoms. The smallest absolute Gasteiger partial charge is 0.173 e. The van der Waals surface area contributed by atoms with Crippen LogP contribution in [0.2, 0.25) is 10.0 Å². The number of aromatic nitrogens is 1.